The van der Waals surface area contributed by atoms with Gasteiger partial charge in [-0.2, -0.15) is 0 Å². The summed E-state index contributed by atoms with van der Waals surface area (Å²) >= 11 is 0. The first kappa shape index (κ1) is 28.2. The molecular formula is C29H30N2O9. The summed E-state index contributed by atoms with van der Waals surface area (Å²) in [5.41, 5.74) is -1.25. The van der Waals surface area contributed by atoms with E-state index < -0.39 is 34.3 Å². The topological polar surface area (TPSA) is 160 Å². The Balaban J connectivity index is 1.57. The minimum atomic E-state index is -1.61. The summed E-state index contributed by atoms with van der Waals surface area (Å²) in [5, 5.41) is 27.1. The van der Waals surface area contributed by atoms with Crippen LogP contribution in [0.5, 0.6) is 28.7 Å². The molecule has 0 spiro atoms. The zero-order valence-electron chi connectivity index (χ0n) is 23.0. The Morgan fingerprint density at radius 1 is 1.07 bits per heavy atom. The Labute approximate surface area is 230 Å². The number of rotatable bonds is 8. The molecule has 210 valence electrons. The van der Waals surface area contributed by atoms with Crippen LogP contribution >= 0.6 is 0 Å². The van der Waals surface area contributed by atoms with Crippen molar-refractivity contribution >= 4 is 28.9 Å². The van der Waals surface area contributed by atoms with E-state index in [4.69, 9.17) is 14.2 Å². The van der Waals surface area contributed by atoms with E-state index in [2.05, 4.69) is 10.6 Å². The maximum Gasteiger partial charge on any atom is 0.226 e. The summed E-state index contributed by atoms with van der Waals surface area (Å²) in [6.07, 6.45) is 1.15. The highest BCUT2D eigenvalue weighted by Crippen LogP contribution is 2.57. The number of phenolic OH excluding ortho intramolecular Hbond substituents is 2. The highest BCUT2D eigenvalue weighted by molar-refractivity contribution is 6.31. The SMILES string of the molecule is COc1ccc(NC(=O)CCN/C(C)=C2\C(=O)C=C3Oc4c(C(C)=O)c(O)c(C)c(O)c4[C@@]3(C)C2=O)c(OC)c1. The van der Waals surface area contributed by atoms with Crippen LogP contribution in [-0.4, -0.2) is 54.2 Å². The number of aromatic hydroxyl groups is 2. The number of methoxy groups -OCH3 is 2. The number of ether oxygens (including phenoxy) is 3. The lowest BCUT2D eigenvalue weighted by Gasteiger charge is -2.29. The fourth-order valence-electron chi connectivity index (χ4n) is 4.93. The van der Waals surface area contributed by atoms with Crippen LogP contribution in [0.3, 0.4) is 0 Å². The third-order valence-electron chi connectivity index (χ3n) is 7.18. The van der Waals surface area contributed by atoms with Crippen LogP contribution < -0.4 is 24.8 Å². The molecule has 11 heteroatoms. The lowest BCUT2D eigenvalue weighted by molar-refractivity contribution is -0.123. The van der Waals surface area contributed by atoms with Crippen molar-refractivity contribution in [3.8, 4) is 28.7 Å². The normalized spacial score (nSPS) is 18.7. The second-order valence-electron chi connectivity index (χ2n) is 9.68. The van der Waals surface area contributed by atoms with Gasteiger partial charge in [0.15, 0.2) is 17.3 Å². The quantitative estimate of drug-likeness (QED) is 0.218. The summed E-state index contributed by atoms with van der Waals surface area (Å²) in [6, 6.07) is 4.96. The Morgan fingerprint density at radius 2 is 1.77 bits per heavy atom. The molecule has 1 aliphatic heterocycles. The monoisotopic (exact) mass is 550 g/mol. The summed E-state index contributed by atoms with van der Waals surface area (Å²) in [4.78, 5) is 51.7. The van der Waals surface area contributed by atoms with E-state index in [1.165, 1.54) is 41.9 Å². The van der Waals surface area contributed by atoms with Crippen LogP contribution in [0.2, 0.25) is 0 Å². The van der Waals surface area contributed by atoms with Gasteiger partial charge in [-0.15, -0.1) is 0 Å². The summed E-state index contributed by atoms with van der Waals surface area (Å²) < 4.78 is 16.2. The number of amides is 1. The van der Waals surface area contributed by atoms with Crippen LogP contribution in [0.15, 0.2) is 41.3 Å². The largest absolute Gasteiger partial charge is 0.507 e. The van der Waals surface area contributed by atoms with Crippen molar-refractivity contribution in [2.75, 3.05) is 26.1 Å². The molecule has 11 nitrogen and oxygen atoms in total. The Bertz CT molecular complexity index is 1540. The Morgan fingerprint density at radius 3 is 2.40 bits per heavy atom. The molecule has 4 rings (SSSR count). The number of hydrogen-bond donors (Lipinski definition) is 4. The van der Waals surface area contributed by atoms with Gasteiger partial charge < -0.3 is 35.1 Å². The fraction of sp³-hybridized carbons (Fsp3) is 0.310. The van der Waals surface area contributed by atoms with E-state index in [1.54, 1.807) is 18.2 Å². The number of hydrogen-bond acceptors (Lipinski definition) is 10. The third-order valence-corrected chi connectivity index (χ3v) is 7.18. The molecule has 0 bridgehead atoms. The van der Waals surface area contributed by atoms with Crippen LogP contribution in [0.1, 0.15) is 48.7 Å². The van der Waals surface area contributed by atoms with E-state index in [1.807, 2.05) is 0 Å². The molecule has 4 N–H and O–H groups in total. The van der Waals surface area contributed by atoms with Crippen molar-refractivity contribution in [3.05, 3.63) is 58.0 Å². The van der Waals surface area contributed by atoms with Gasteiger partial charge >= 0.3 is 0 Å². The van der Waals surface area contributed by atoms with Gasteiger partial charge in [-0.3, -0.25) is 19.2 Å². The third kappa shape index (κ3) is 4.42. The van der Waals surface area contributed by atoms with Gasteiger partial charge in [0.25, 0.3) is 0 Å². The second-order valence-corrected chi connectivity index (χ2v) is 9.68. The molecule has 0 aromatic heterocycles. The van der Waals surface area contributed by atoms with E-state index in [9.17, 15) is 29.4 Å². The van der Waals surface area contributed by atoms with Crippen molar-refractivity contribution < 1.29 is 43.6 Å². The van der Waals surface area contributed by atoms with Crippen LogP contribution in [0.25, 0.3) is 0 Å². The minimum absolute atomic E-state index is 0.00766. The van der Waals surface area contributed by atoms with Gasteiger partial charge in [0.2, 0.25) is 5.91 Å². The summed E-state index contributed by atoms with van der Waals surface area (Å²) in [6.45, 7) is 5.77. The first-order valence-corrected chi connectivity index (χ1v) is 12.4. The van der Waals surface area contributed by atoms with E-state index in [0.717, 1.165) is 6.08 Å². The molecule has 0 saturated carbocycles. The molecule has 2 aromatic rings. The highest BCUT2D eigenvalue weighted by Gasteiger charge is 2.56. The number of carbonyl (C=O) groups is 4. The molecule has 2 aromatic carbocycles. The number of anilines is 1. The van der Waals surface area contributed by atoms with Crippen molar-refractivity contribution in [2.45, 2.75) is 39.5 Å². The second kappa shape index (κ2) is 10.4. The van der Waals surface area contributed by atoms with E-state index in [-0.39, 0.29) is 58.3 Å². The molecule has 40 heavy (non-hydrogen) atoms. The van der Waals surface area contributed by atoms with Gasteiger partial charge in [-0.1, -0.05) is 0 Å². The van der Waals surface area contributed by atoms with Crippen molar-refractivity contribution in [1.82, 2.24) is 5.32 Å². The van der Waals surface area contributed by atoms with Crippen molar-refractivity contribution in [2.24, 2.45) is 0 Å². The predicted molar refractivity (Wildman–Crippen MR) is 144 cm³/mol. The average molecular weight is 551 g/mol. The lowest BCUT2D eigenvalue weighted by Crippen LogP contribution is -2.41. The van der Waals surface area contributed by atoms with Gasteiger partial charge in [0, 0.05) is 36.4 Å². The predicted octanol–water partition coefficient (Wildman–Crippen LogP) is 3.20. The zero-order chi connectivity index (χ0) is 29.5. The summed E-state index contributed by atoms with van der Waals surface area (Å²) in [5.74, 6) is -2.21. The van der Waals surface area contributed by atoms with Gasteiger partial charge in [0.1, 0.15) is 45.5 Å². The maximum atomic E-state index is 13.8. The fourth-order valence-corrected chi connectivity index (χ4v) is 4.93. The van der Waals surface area contributed by atoms with E-state index >= 15 is 0 Å². The van der Waals surface area contributed by atoms with Crippen LogP contribution in [-0.2, 0) is 19.8 Å². The van der Waals surface area contributed by atoms with Crippen molar-refractivity contribution in [3.63, 3.8) is 0 Å². The number of fused-ring (bicyclic) bond motifs is 3. The Kier molecular flexibility index (Phi) is 7.34. The first-order chi connectivity index (χ1) is 18.9. The van der Waals surface area contributed by atoms with Crippen molar-refractivity contribution in [1.29, 1.82) is 0 Å². The first-order valence-electron chi connectivity index (χ1n) is 12.4. The number of Topliss-reactive ketones (excluding diaryl/α,β-unsaturated/α-hetero) is 2. The number of allylic oxidation sites excluding steroid dienone is 4. The highest BCUT2D eigenvalue weighted by atomic mass is 16.5. The average Bonchev–Trinajstić information content (AvgIpc) is 3.20. The maximum absolute atomic E-state index is 13.8. The number of phenols is 2. The van der Waals surface area contributed by atoms with Gasteiger partial charge in [0.05, 0.1) is 31.0 Å². The zero-order valence-corrected chi connectivity index (χ0v) is 23.0. The standard InChI is InChI=1S/C29H30N2O9/c1-13-25(35)23(15(3)32)27-24(26(13)36)29(4)20(40-27)12-18(33)22(28(29)37)14(2)30-10-9-21(34)31-17-8-7-16(38-5)11-19(17)39-6/h7-8,11-12,30,35-36H,9-10H2,1-6H3,(H,31,34)/b22-14+/t29-/m0/s1. The molecule has 1 amide bonds. The molecule has 0 radical (unpaired) electrons. The lowest BCUT2D eigenvalue weighted by atomic mass is 9.70. The number of carbonyl (C=O) groups excluding carboxylic acids is 4. The van der Waals surface area contributed by atoms with Crippen LogP contribution in [0, 0.1) is 6.92 Å². The van der Waals surface area contributed by atoms with Gasteiger partial charge in [-0.05, 0) is 39.8 Å². The summed E-state index contributed by atoms with van der Waals surface area (Å²) in [7, 11) is 2.99. The number of nitrogens with one attached hydrogen (secondary N) is 2. The van der Waals surface area contributed by atoms with E-state index in [0.29, 0.717) is 17.2 Å². The minimum Gasteiger partial charge on any atom is -0.507 e. The number of benzene rings is 2. The molecule has 2 aliphatic rings. The van der Waals surface area contributed by atoms with Crippen LogP contribution in [0.4, 0.5) is 5.69 Å². The molecule has 0 unspecified atom stereocenters. The smallest absolute Gasteiger partial charge is 0.226 e. The molecule has 1 aliphatic carbocycles. The molecule has 1 heterocycles. The van der Waals surface area contributed by atoms with Gasteiger partial charge in [-0.25, -0.2) is 0 Å². The molecular weight excluding hydrogens is 520 g/mol. The molecule has 0 saturated heterocycles. The Hall–Kier alpha value is -4.80. The molecule has 0 fully saturated rings. The molecule has 1 atom stereocenters. The number of ketones is 3.